The number of nitrogens with one attached hydrogen (secondary N) is 4. The smallest absolute Gasteiger partial charge is 0.407 e. The molecule has 5 rings (SSSR count). The van der Waals surface area contributed by atoms with Gasteiger partial charge in [0, 0.05) is 53.8 Å². The van der Waals surface area contributed by atoms with Crippen molar-refractivity contribution in [3.8, 4) is 0 Å². The van der Waals surface area contributed by atoms with Crippen molar-refractivity contribution in [1.82, 2.24) is 21.3 Å². The molecule has 0 heterocycles. The van der Waals surface area contributed by atoms with Gasteiger partial charge in [-0.3, -0.25) is 14.4 Å². The SMILES string of the molecule is CO[C@@H]1CC[C@@]23C[C@@H]4C[C@@H](C)[C@@](C)([C@H](OC(=O)CSc5ccc(CC(=O)NCCCNC(=O)OC(C)(C)C)cc5)C[C@](C)(CCNCCCNC(=O)OC(C)(C)C)C(=O)[C@@H]2C)C413. The van der Waals surface area contributed by atoms with Crippen LogP contribution in [0.1, 0.15) is 126 Å². The van der Waals surface area contributed by atoms with Gasteiger partial charge in [0.25, 0.3) is 0 Å². The number of carbonyl (C=O) groups excluding carboxylic acids is 5. The van der Waals surface area contributed by atoms with E-state index in [9.17, 15) is 24.0 Å². The highest BCUT2D eigenvalue weighted by atomic mass is 32.2. The fourth-order valence-electron chi connectivity index (χ4n) is 12.1. The zero-order chi connectivity index (χ0) is 45.7. The first kappa shape index (κ1) is 49.7. The van der Waals surface area contributed by atoms with E-state index in [2.05, 4.69) is 49.0 Å². The van der Waals surface area contributed by atoms with Gasteiger partial charge < -0.3 is 40.2 Å². The highest BCUT2D eigenvalue weighted by molar-refractivity contribution is 8.00. The molecule has 4 fully saturated rings. The van der Waals surface area contributed by atoms with Gasteiger partial charge in [-0.25, -0.2) is 9.59 Å². The molecular weight excluding hydrogens is 809 g/mol. The Labute approximate surface area is 374 Å². The number of esters is 1. The maximum atomic E-state index is 15.0. The summed E-state index contributed by atoms with van der Waals surface area (Å²) in [6.45, 7) is 22.5. The van der Waals surface area contributed by atoms with Crippen LogP contribution >= 0.6 is 11.8 Å². The highest BCUT2D eigenvalue weighted by Gasteiger charge is 2.85. The van der Waals surface area contributed by atoms with Crippen LogP contribution in [0.4, 0.5) is 9.59 Å². The quantitative estimate of drug-likeness (QED) is 0.0495. The second-order valence-corrected chi connectivity index (χ2v) is 22.0. The molecule has 4 N–H and O–H groups in total. The predicted molar refractivity (Wildman–Crippen MR) is 241 cm³/mol. The minimum absolute atomic E-state index is 0.00380. The molecule has 0 aliphatic heterocycles. The number of methoxy groups -OCH3 is 1. The Morgan fingerprint density at radius 2 is 1.40 bits per heavy atom. The van der Waals surface area contributed by atoms with Crippen LogP contribution in [0.2, 0.25) is 0 Å². The zero-order valence-corrected chi connectivity index (χ0v) is 40.2. The third kappa shape index (κ3) is 10.6. The number of hydrogen-bond acceptors (Lipinski definition) is 11. The number of amides is 3. The summed E-state index contributed by atoms with van der Waals surface area (Å²) < 4.78 is 23.7. The van der Waals surface area contributed by atoms with E-state index >= 15 is 0 Å². The molecule has 0 saturated heterocycles. The molecule has 0 radical (unpaired) electrons. The Morgan fingerprint density at radius 1 is 0.806 bits per heavy atom. The van der Waals surface area contributed by atoms with Gasteiger partial charge in [0.2, 0.25) is 5.91 Å². The van der Waals surface area contributed by atoms with Gasteiger partial charge in [0.15, 0.2) is 0 Å². The zero-order valence-electron chi connectivity index (χ0n) is 39.4. The molecule has 3 amide bonds. The topological polar surface area (TPSA) is 170 Å². The third-order valence-corrected chi connectivity index (χ3v) is 15.7. The molecule has 4 aliphatic carbocycles. The molecule has 0 bridgehead atoms. The summed E-state index contributed by atoms with van der Waals surface area (Å²) in [4.78, 5) is 66.4. The van der Waals surface area contributed by atoms with E-state index in [1.165, 1.54) is 11.8 Å². The van der Waals surface area contributed by atoms with Gasteiger partial charge in [-0.2, -0.15) is 0 Å². The normalized spacial score (nSPS) is 31.4. The van der Waals surface area contributed by atoms with Crippen molar-refractivity contribution in [3.63, 3.8) is 0 Å². The van der Waals surface area contributed by atoms with Crippen LogP contribution in [0.25, 0.3) is 0 Å². The predicted octanol–water partition coefficient (Wildman–Crippen LogP) is 7.62. The molecule has 9 atom stereocenters. The van der Waals surface area contributed by atoms with E-state index < -0.39 is 34.9 Å². The minimum atomic E-state index is -0.721. The first-order chi connectivity index (χ1) is 29.0. The fourth-order valence-corrected chi connectivity index (χ4v) is 12.7. The van der Waals surface area contributed by atoms with E-state index in [1.54, 1.807) is 20.8 Å². The number of benzene rings is 1. The summed E-state index contributed by atoms with van der Waals surface area (Å²) in [5.41, 5.74) is -1.82. The molecular formula is C48H76N4O9S. The summed E-state index contributed by atoms with van der Waals surface area (Å²) >= 11 is 1.41. The van der Waals surface area contributed by atoms with Gasteiger partial charge in [-0.15, -0.1) is 11.8 Å². The molecule has 0 aromatic heterocycles. The van der Waals surface area contributed by atoms with Crippen molar-refractivity contribution in [2.75, 3.05) is 45.6 Å². The van der Waals surface area contributed by atoms with Crippen LogP contribution in [-0.4, -0.2) is 98.8 Å². The van der Waals surface area contributed by atoms with Crippen molar-refractivity contribution in [2.45, 2.75) is 155 Å². The van der Waals surface area contributed by atoms with E-state index in [4.69, 9.17) is 18.9 Å². The van der Waals surface area contributed by atoms with E-state index in [-0.39, 0.29) is 64.0 Å². The number of hydrogen-bond donors (Lipinski definition) is 4. The van der Waals surface area contributed by atoms with Crippen molar-refractivity contribution in [1.29, 1.82) is 0 Å². The van der Waals surface area contributed by atoms with E-state index in [0.717, 1.165) is 42.6 Å². The molecule has 4 saturated carbocycles. The lowest BCUT2D eigenvalue weighted by molar-refractivity contribution is -0.272. The largest absolute Gasteiger partial charge is 0.461 e. The van der Waals surface area contributed by atoms with Crippen molar-refractivity contribution in [2.24, 2.45) is 39.4 Å². The average molecular weight is 885 g/mol. The first-order valence-electron chi connectivity index (χ1n) is 22.9. The Morgan fingerprint density at radius 3 is 2.00 bits per heavy atom. The van der Waals surface area contributed by atoms with Gasteiger partial charge in [-0.05, 0) is 141 Å². The van der Waals surface area contributed by atoms with Crippen molar-refractivity contribution in [3.05, 3.63) is 29.8 Å². The number of rotatable bonds is 18. The lowest BCUT2D eigenvalue weighted by atomic mass is 9.33. The molecule has 1 spiro atoms. The summed E-state index contributed by atoms with van der Waals surface area (Å²) in [5, 5.41) is 11.9. The van der Waals surface area contributed by atoms with Gasteiger partial charge in [0.1, 0.15) is 23.1 Å². The van der Waals surface area contributed by atoms with E-state index in [1.807, 2.05) is 52.1 Å². The molecule has 1 unspecified atom stereocenters. The number of ether oxygens (including phenoxy) is 4. The molecule has 13 nitrogen and oxygen atoms in total. The minimum Gasteiger partial charge on any atom is -0.461 e. The van der Waals surface area contributed by atoms with Crippen LogP contribution in [0, 0.1) is 39.4 Å². The molecule has 14 heteroatoms. The lowest BCUT2D eigenvalue weighted by Gasteiger charge is -2.70. The Balaban J connectivity index is 1.21. The highest BCUT2D eigenvalue weighted by Crippen LogP contribution is 2.86. The van der Waals surface area contributed by atoms with E-state index in [0.29, 0.717) is 57.9 Å². The maximum Gasteiger partial charge on any atom is 0.407 e. The van der Waals surface area contributed by atoms with Crippen LogP contribution in [0.5, 0.6) is 0 Å². The average Bonchev–Trinajstić information content (AvgIpc) is 3.54. The summed E-state index contributed by atoms with van der Waals surface area (Å²) in [6, 6.07) is 7.65. The van der Waals surface area contributed by atoms with Gasteiger partial charge in [0.05, 0.1) is 18.3 Å². The summed E-state index contributed by atoms with van der Waals surface area (Å²) in [7, 11) is 1.82. The van der Waals surface area contributed by atoms with Crippen LogP contribution in [0.3, 0.4) is 0 Å². The number of alkyl carbamates (subject to hydrolysis) is 2. The Hall–Kier alpha value is -3.36. The van der Waals surface area contributed by atoms with Gasteiger partial charge in [-0.1, -0.05) is 39.8 Å². The maximum absolute atomic E-state index is 15.0. The van der Waals surface area contributed by atoms with Crippen molar-refractivity contribution >= 4 is 41.6 Å². The van der Waals surface area contributed by atoms with Gasteiger partial charge >= 0.3 is 18.2 Å². The number of Topliss-reactive ketones (excluding diaryl/α,β-unsaturated/α-hetero) is 1. The van der Waals surface area contributed by atoms with Crippen LogP contribution in [-0.2, 0) is 39.8 Å². The fraction of sp³-hybridized carbons (Fsp3) is 0.771. The third-order valence-electron chi connectivity index (χ3n) is 14.7. The standard InChI is InChI=1S/C48H76N4O9S/c1-31-26-34-28-47-19-18-36(58-11)48(34,47)46(31,10)37(29-45(9,40(55)32(47)2)20-25-49-21-12-23-51-41(56)60-43(3,4)5)59-39(54)30-62-35-16-14-33(15-17-35)27-38(53)50-22-13-24-52-42(57)61-44(6,7)8/h14-17,31-32,34,36-37,49H,12-13,18-30H2,1-11H3,(H,50,53)(H,51,56)(H,52,57)/t31-,32+,34+,36-,37-,45+,46+,47-,48?/m1/s1. The monoisotopic (exact) mass is 885 g/mol. The van der Waals surface area contributed by atoms with Crippen LogP contribution in [0.15, 0.2) is 29.2 Å². The lowest BCUT2D eigenvalue weighted by Crippen LogP contribution is -2.72. The molecule has 1 aromatic rings. The number of carbonyl (C=O) groups is 5. The molecule has 62 heavy (non-hydrogen) atoms. The molecule has 1 aromatic carbocycles. The summed E-state index contributed by atoms with van der Waals surface area (Å²) in [5.74, 6) is 0.528. The second kappa shape index (κ2) is 19.8. The number of ketones is 1. The molecule has 348 valence electrons. The van der Waals surface area contributed by atoms with Crippen LogP contribution < -0.4 is 21.3 Å². The second-order valence-electron chi connectivity index (χ2n) is 21.0. The number of thioether (sulfide) groups is 1. The Kier molecular flexibility index (Phi) is 15.9. The first-order valence-corrected chi connectivity index (χ1v) is 23.9. The Bertz CT molecular complexity index is 1760. The molecule has 4 aliphatic rings. The summed E-state index contributed by atoms with van der Waals surface area (Å²) in [6.07, 6.45) is 5.09. The van der Waals surface area contributed by atoms with Crippen molar-refractivity contribution < 1.29 is 42.9 Å².